The van der Waals surface area contributed by atoms with Crippen LogP contribution in [-0.4, -0.2) is 30.7 Å². The minimum absolute atomic E-state index is 0.149. The largest absolute Gasteiger partial charge is 0.467 e. The first-order valence-corrected chi connectivity index (χ1v) is 8.46. The number of nitrogens with one attached hydrogen (secondary N) is 1. The Bertz CT molecular complexity index is 1050. The van der Waals surface area contributed by atoms with Crippen LogP contribution in [0.1, 0.15) is 27.5 Å². The Morgan fingerprint density at radius 2 is 2.00 bits per heavy atom. The monoisotopic (exact) mass is 362 g/mol. The van der Waals surface area contributed by atoms with Crippen molar-refractivity contribution in [2.24, 2.45) is 0 Å². The number of amides is 1. The lowest BCUT2D eigenvalue weighted by atomic mass is 10.2. The maximum absolute atomic E-state index is 12.7. The summed E-state index contributed by atoms with van der Waals surface area (Å²) in [5.74, 6) is 0.700. The molecule has 0 aliphatic rings. The third-order valence-corrected chi connectivity index (χ3v) is 4.45. The Hall–Kier alpha value is -3.68. The fourth-order valence-corrected chi connectivity index (χ4v) is 3.01. The molecule has 0 atom stereocenters. The van der Waals surface area contributed by atoms with Gasteiger partial charge in [-0.3, -0.25) is 4.79 Å². The molecule has 0 fully saturated rings. The van der Waals surface area contributed by atoms with Crippen LogP contribution in [0.2, 0.25) is 0 Å². The molecule has 1 amide bonds. The number of hydrogen-bond acceptors (Lipinski definition) is 5. The molecule has 0 radical (unpaired) electrons. The van der Waals surface area contributed by atoms with Crippen LogP contribution in [0.3, 0.4) is 0 Å². The second-order valence-electron chi connectivity index (χ2n) is 6.21. The first kappa shape index (κ1) is 16.8. The van der Waals surface area contributed by atoms with E-state index in [-0.39, 0.29) is 5.91 Å². The van der Waals surface area contributed by atoms with E-state index in [9.17, 15) is 4.79 Å². The maximum Gasteiger partial charge on any atom is 0.257 e. The second-order valence-corrected chi connectivity index (χ2v) is 6.21. The zero-order chi connectivity index (χ0) is 18.8. The van der Waals surface area contributed by atoms with Gasteiger partial charge in [0.05, 0.1) is 24.1 Å². The Morgan fingerprint density at radius 3 is 2.67 bits per heavy atom. The van der Waals surface area contributed by atoms with Gasteiger partial charge in [0.2, 0.25) is 0 Å². The summed E-state index contributed by atoms with van der Waals surface area (Å²) in [6, 6.07) is 13.0. The topological polar surface area (TPSA) is 90.8 Å². The van der Waals surface area contributed by atoms with Gasteiger partial charge >= 0.3 is 0 Å². The summed E-state index contributed by atoms with van der Waals surface area (Å²) in [7, 11) is 0. The maximum atomic E-state index is 12.7. The van der Waals surface area contributed by atoms with E-state index in [0.717, 1.165) is 22.8 Å². The van der Waals surface area contributed by atoms with Crippen LogP contribution >= 0.6 is 0 Å². The van der Waals surface area contributed by atoms with Gasteiger partial charge in [-0.2, -0.15) is 0 Å². The van der Waals surface area contributed by atoms with Crippen molar-refractivity contribution in [1.29, 1.82) is 0 Å². The van der Waals surface area contributed by atoms with Crippen LogP contribution in [0.25, 0.3) is 5.69 Å². The number of anilines is 1. The number of carbonyl (C=O) groups is 1. The molecule has 8 heteroatoms. The number of carbonyl (C=O) groups excluding carboxylic acids is 1. The predicted molar refractivity (Wildman–Crippen MR) is 98.8 cm³/mol. The fraction of sp³-hybridized carbons (Fsp3) is 0.158. The van der Waals surface area contributed by atoms with Gasteiger partial charge in [-0.15, -0.1) is 5.10 Å². The highest BCUT2D eigenvalue weighted by Crippen LogP contribution is 2.20. The summed E-state index contributed by atoms with van der Waals surface area (Å²) in [6.07, 6.45) is 3.16. The summed E-state index contributed by atoms with van der Waals surface area (Å²) in [6.45, 7) is 4.51. The van der Waals surface area contributed by atoms with Crippen LogP contribution in [0, 0.1) is 13.8 Å². The molecule has 0 aliphatic heterocycles. The van der Waals surface area contributed by atoms with E-state index >= 15 is 0 Å². The molecule has 27 heavy (non-hydrogen) atoms. The van der Waals surface area contributed by atoms with Crippen LogP contribution < -0.4 is 5.32 Å². The SMILES string of the molecule is Cc1cc(C(=O)Nc2ccc(-n3cnnn3)cc2)c(C)n1Cc1ccco1. The third kappa shape index (κ3) is 3.37. The van der Waals surface area contributed by atoms with Crippen LogP contribution in [-0.2, 0) is 6.54 Å². The number of aryl methyl sites for hydroxylation is 1. The Labute approximate surface area is 155 Å². The number of rotatable bonds is 5. The molecule has 0 aliphatic carbocycles. The van der Waals surface area contributed by atoms with Crippen molar-refractivity contribution in [3.63, 3.8) is 0 Å². The molecule has 1 aromatic carbocycles. The smallest absolute Gasteiger partial charge is 0.257 e. The minimum atomic E-state index is -0.149. The number of aromatic nitrogens is 5. The normalized spacial score (nSPS) is 10.9. The molecule has 4 rings (SSSR count). The van der Waals surface area contributed by atoms with Crippen molar-refractivity contribution in [1.82, 2.24) is 24.8 Å². The van der Waals surface area contributed by atoms with E-state index in [1.807, 2.05) is 56.3 Å². The average Bonchev–Trinajstić information content (AvgIpc) is 3.41. The molecule has 4 aromatic rings. The Kier molecular flexibility index (Phi) is 4.29. The number of benzene rings is 1. The van der Waals surface area contributed by atoms with Gasteiger partial charge in [-0.25, -0.2) is 4.68 Å². The lowest BCUT2D eigenvalue weighted by Gasteiger charge is -2.09. The van der Waals surface area contributed by atoms with Gasteiger partial charge in [0.15, 0.2) is 0 Å². The molecule has 0 saturated carbocycles. The molecule has 8 nitrogen and oxygen atoms in total. The molecule has 136 valence electrons. The number of nitrogens with zero attached hydrogens (tertiary/aromatic N) is 5. The summed E-state index contributed by atoms with van der Waals surface area (Å²) >= 11 is 0. The summed E-state index contributed by atoms with van der Waals surface area (Å²) < 4.78 is 9.03. The minimum Gasteiger partial charge on any atom is -0.467 e. The first-order chi connectivity index (χ1) is 13.1. The van der Waals surface area contributed by atoms with E-state index < -0.39 is 0 Å². The van der Waals surface area contributed by atoms with E-state index in [1.165, 1.54) is 6.33 Å². The molecule has 1 N–H and O–H groups in total. The van der Waals surface area contributed by atoms with E-state index in [4.69, 9.17) is 4.42 Å². The van der Waals surface area contributed by atoms with Crippen molar-refractivity contribution >= 4 is 11.6 Å². The zero-order valence-electron chi connectivity index (χ0n) is 15.0. The fourth-order valence-electron chi connectivity index (χ4n) is 3.01. The van der Waals surface area contributed by atoms with E-state index in [0.29, 0.717) is 17.8 Å². The van der Waals surface area contributed by atoms with Crippen LogP contribution in [0.5, 0.6) is 0 Å². The van der Waals surface area contributed by atoms with Gasteiger partial charge in [0.1, 0.15) is 12.1 Å². The predicted octanol–water partition coefficient (Wildman–Crippen LogP) is 2.97. The number of tetrazole rings is 1. The number of furan rings is 1. The van der Waals surface area contributed by atoms with E-state index in [1.54, 1.807) is 10.9 Å². The highest BCUT2D eigenvalue weighted by Gasteiger charge is 2.16. The zero-order valence-corrected chi connectivity index (χ0v) is 15.0. The quantitative estimate of drug-likeness (QED) is 0.589. The number of hydrogen-bond donors (Lipinski definition) is 1. The molecular weight excluding hydrogens is 344 g/mol. The van der Waals surface area contributed by atoms with Gasteiger partial charge in [-0.05, 0) is 66.7 Å². The third-order valence-electron chi connectivity index (χ3n) is 4.45. The van der Waals surface area contributed by atoms with Crippen molar-refractivity contribution in [2.45, 2.75) is 20.4 Å². The lowest BCUT2D eigenvalue weighted by Crippen LogP contribution is -2.13. The lowest BCUT2D eigenvalue weighted by molar-refractivity contribution is 0.102. The molecule has 3 aromatic heterocycles. The van der Waals surface area contributed by atoms with Crippen molar-refractivity contribution < 1.29 is 9.21 Å². The highest BCUT2D eigenvalue weighted by atomic mass is 16.3. The van der Waals surface area contributed by atoms with Crippen molar-refractivity contribution in [3.8, 4) is 5.69 Å². The first-order valence-electron chi connectivity index (χ1n) is 8.46. The Morgan fingerprint density at radius 1 is 1.19 bits per heavy atom. The molecule has 0 bridgehead atoms. The Balaban J connectivity index is 1.51. The summed E-state index contributed by atoms with van der Waals surface area (Å²) in [5, 5.41) is 14.0. The summed E-state index contributed by atoms with van der Waals surface area (Å²) in [4.78, 5) is 12.7. The van der Waals surface area contributed by atoms with Gasteiger partial charge in [0.25, 0.3) is 5.91 Å². The van der Waals surface area contributed by atoms with Crippen molar-refractivity contribution in [2.75, 3.05) is 5.32 Å². The molecule has 3 heterocycles. The highest BCUT2D eigenvalue weighted by molar-refractivity contribution is 6.05. The van der Waals surface area contributed by atoms with Crippen LogP contribution in [0.4, 0.5) is 5.69 Å². The van der Waals surface area contributed by atoms with E-state index in [2.05, 4.69) is 25.4 Å². The molecular formula is C19H18N6O2. The second kappa shape index (κ2) is 6.91. The van der Waals surface area contributed by atoms with Gasteiger partial charge < -0.3 is 14.3 Å². The van der Waals surface area contributed by atoms with Gasteiger partial charge in [0, 0.05) is 17.1 Å². The molecule has 0 spiro atoms. The standard InChI is InChI=1S/C19H18N6O2/c1-13-10-18(14(2)24(13)11-17-4-3-9-27-17)19(26)21-15-5-7-16(8-6-15)25-12-20-22-23-25/h3-10,12H,11H2,1-2H3,(H,21,26). The average molecular weight is 362 g/mol. The molecule has 0 saturated heterocycles. The van der Waals surface area contributed by atoms with Gasteiger partial charge in [-0.1, -0.05) is 0 Å². The summed E-state index contributed by atoms with van der Waals surface area (Å²) in [5.41, 5.74) is 4.06. The van der Waals surface area contributed by atoms with Crippen molar-refractivity contribution in [3.05, 3.63) is 77.8 Å². The van der Waals surface area contributed by atoms with Crippen LogP contribution in [0.15, 0.2) is 59.5 Å². The molecule has 0 unspecified atom stereocenters.